The molecule has 0 spiro atoms. The molecule has 1 aliphatic heterocycles. The van der Waals surface area contributed by atoms with Crippen molar-refractivity contribution in [3.63, 3.8) is 0 Å². The van der Waals surface area contributed by atoms with Gasteiger partial charge in [0, 0.05) is 11.9 Å². The number of rotatable bonds is 6. The summed E-state index contributed by atoms with van der Waals surface area (Å²) in [6.07, 6.45) is 3.90. The zero-order valence-electron chi connectivity index (χ0n) is 15.0. The molecule has 27 heavy (non-hydrogen) atoms. The van der Waals surface area contributed by atoms with E-state index in [0.29, 0.717) is 11.3 Å². The monoisotopic (exact) mass is 362 g/mol. The number of hydrogen-bond donors (Lipinski definition) is 2. The number of nitrogens with zero attached hydrogens (tertiary/aromatic N) is 3. The highest BCUT2D eigenvalue weighted by Crippen LogP contribution is 2.27. The molecule has 0 aliphatic carbocycles. The van der Waals surface area contributed by atoms with E-state index in [-0.39, 0.29) is 11.6 Å². The van der Waals surface area contributed by atoms with E-state index < -0.39 is 5.97 Å². The summed E-state index contributed by atoms with van der Waals surface area (Å²) in [5.41, 5.74) is 1.83. The second kappa shape index (κ2) is 7.72. The molecule has 4 rings (SSSR count). The normalized spacial score (nSPS) is 15.7. The molecule has 1 atom stereocenters. The first kappa shape index (κ1) is 17.4. The SMILES string of the molecule is O=C(O)c1cccc2c(N[C@H](CN3CCCC3)c3ccccc3)ncnc12. The summed E-state index contributed by atoms with van der Waals surface area (Å²) in [4.78, 5) is 22.6. The summed E-state index contributed by atoms with van der Waals surface area (Å²) in [6, 6.07) is 15.5. The number of carbonyl (C=O) groups is 1. The summed E-state index contributed by atoms with van der Waals surface area (Å²) >= 11 is 0. The lowest BCUT2D eigenvalue weighted by Crippen LogP contribution is -2.29. The predicted octanol–water partition coefficient (Wildman–Crippen LogP) is 3.58. The summed E-state index contributed by atoms with van der Waals surface area (Å²) in [5, 5.41) is 13.7. The molecule has 0 bridgehead atoms. The van der Waals surface area contributed by atoms with Crippen LogP contribution >= 0.6 is 0 Å². The standard InChI is InChI=1S/C21H22N4O2/c26-21(27)17-10-6-9-16-19(17)22-14-23-20(16)24-18(13-25-11-4-5-12-25)15-7-2-1-3-8-15/h1-3,6-10,14,18H,4-5,11-13H2,(H,26,27)(H,22,23,24)/t18-/m1/s1. The maximum Gasteiger partial charge on any atom is 0.337 e. The molecule has 2 aromatic carbocycles. The van der Waals surface area contributed by atoms with Crippen LogP contribution in [-0.4, -0.2) is 45.6 Å². The van der Waals surface area contributed by atoms with Gasteiger partial charge >= 0.3 is 5.97 Å². The third kappa shape index (κ3) is 3.75. The Labute approximate surface area is 157 Å². The largest absolute Gasteiger partial charge is 0.478 e. The second-order valence-electron chi connectivity index (χ2n) is 6.84. The number of carboxylic acids is 1. The van der Waals surface area contributed by atoms with Crippen LogP contribution in [0.3, 0.4) is 0 Å². The van der Waals surface area contributed by atoms with Gasteiger partial charge in [0.15, 0.2) is 0 Å². The Morgan fingerprint density at radius 2 is 1.85 bits per heavy atom. The number of aromatic carboxylic acids is 1. The summed E-state index contributed by atoms with van der Waals surface area (Å²) in [6.45, 7) is 3.10. The molecule has 138 valence electrons. The smallest absolute Gasteiger partial charge is 0.337 e. The number of carboxylic acid groups (broad SMARTS) is 1. The van der Waals surface area contributed by atoms with Crippen molar-refractivity contribution in [1.82, 2.24) is 14.9 Å². The lowest BCUT2D eigenvalue weighted by Gasteiger charge is -2.26. The molecule has 1 aromatic heterocycles. The molecule has 2 heterocycles. The van der Waals surface area contributed by atoms with Crippen molar-refractivity contribution in [3.05, 3.63) is 66.0 Å². The average Bonchev–Trinajstić information content (AvgIpc) is 3.21. The minimum atomic E-state index is -0.984. The molecule has 0 saturated carbocycles. The number of hydrogen-bond acceptors (Lipinski definition) is 5. The summed E-state index contributed by atoms with van der Waals surface area (Å²) in [5.74, 6) is -0.321. The Morgan fingerprint density at radius 3 is 2.59 bits per heavy atom. The Bertz CT molecular complexity index is 939. The topological polar surface area (TPSA) is 78.4 Å². The van der Waals surface area contributed by atoms with Crippen LogP contribution in [0, 0.1) is 0 Å². The number of aromatic nitrogens is 2. The molecule has 1 aliphatic rings. The fourth-order valence-corrected chi connectivity index (χ4v) is 3.68. The van der Waals surface area contributed by atoms with Crippen LogP contribution in [0.1, 0.15) is 34.8 Å². The minimum Gasteiger partial charge on any atom is -0.478 e. The molecule has 6 heteroatoms. The van der Waals surface area contributed by atoms with Crippen molar-refractivity contribution in [2.75, 3.05) is 25.0 Å². The zero-order valence-corrected chi connectivity index (χ0v) is 15.0. The number of anilines is 1. The first-order valence-electron chi connectivity index (χ1n) is 9.23. The van der Waals surface area contributed by atoms with Gasteiger partial charge in [0.2, 0.25) is 0 Å². The second-order valence-corrected chi connectivity index (χ2v) is 6.84. The van der Waals surface area contributed by atoms with Crippen LogP contribution in [0.5, 0.6) is 0 Å². The first-order valence-corrected chi connectivity index (χ1v) is 9.23. The Balaban J connectivity index is 1.70. The lowest BCUT2D eigenvalue weighted by atomic mass is 10.1. The van der Waals surface area contributed by atoms with E-state index in [1.807, 2.05) is 24.3 Å². The van der Waals surface area contributed by atoms with Crippen LogP contribution < -0.4 is 5.32 Å². The summed E-state index contributed by atoms with van der Waals surface area (Å²) < 4.78 is 0. The van der Waals surface area contributed by atoms with E-state index in [4.69, 9.17) is 0 Å². The molecular weight excluding hydrogens is 340 g/mol. The van der Waals surface area contributed by atoms with E-state index in [1.54, 1.807) is 12.1 Å². The van der Waals surface area contributed by atoms with E-state index in [0.717, 1.165) is 25.0 Å². The third-order valence-electron chi connectivity index (χ3n) is 5.05. The number of benzene rings is 2. The minimum absolute atomic E-state index is 0.0656. The van der Waals surface area contributed by atoms with Gasteiger partial charge in [-0.05, 0) is 43.6 Å². The van der Waals surface area contributed by atoms with Crippen LogP contribution in [0.4, 0.5) is 5.82 Å². The van der Waals surface area contributed by atoms with Crippen molar-refractivity contribution in [2.45, 2.75) is 18.9 Å². The van der Waals surface area contributed by atoms with Crippen molar-refractivity contribution >= 4 is 22.7 Å². The molecule has 0 unspecified atom stereocenters. The van der Waals surface area contributed by atoms with Crippen LogP contribution in [0.15, 0.2) is 54.9 Å². The number of nitrogens with one attached hydrogen (secondary N) is 1. The van der Waals surface area contributed by atoms with Crippen molar-refractivity contribution < 1.29 is 9.90 Å². The Hall–Kier alpha value is -2.99. The van der Waals surface area contributed by atoms with Gasteiger partial charge in [-0.1, -0.05) is 36.4 Å². The van der Waals surface area contributed by atoms with Gasteiger partial charge in [0.05, 0.1) is 17.1 Å². The van der Waals surface area contributed by atoms with E-state index in [1.165, 1.54) is 24.7 Å². The van der Waals surface area contributed by atoms with Crippen LogP contribution in [0.25, 0.3) is 10.9 Å². The van der Waals surface area contributed by atoms with Crippen LogP contribution in [-0.2, 0) is 0 Å². The fraction of sp³-hybridized carbons (Fsp3) is 0.286. The number of fused-ring (bicyclic) bond motifs is 1. The molecular formula is C21H22N4O2. The molecule has 1 fully saturated rings. The Kier molecular flexibility index (Phi) is 4.98. The van der Waals surface area contributed by atoms with Crippen molar-refractivity contribution in [2.24, 2.45) is 0 Å². The Morgan fingerprint density at radius 1 is 1.07 bits per heavy atom. The number of para-hydroxylation sites is 1. The third-order valence-corrected chi connectivity index (χ3v) is 5.05. The molecule has 3 aromatic rings. The van der Waals surface area contributed by atoms with Gasteiger partial charge < -0.3 is 15.3 Å². The highest BCUT2D eigenvalue weighted by atomic mass is 16.4. The highest BCUT2D eigenvalue weighted by Gasteiger charge is 2.21. The van der Waals surface area contributed by atoms with E-state index in [9.17, 15) is 9.90 Å². The van der Waals surface area contributed by atoms with E-state index in [2.05, 4.69) is 32.3 Å². The molecule has 0 amide bonds. The maximum absolute atomic E-state index is 11.5. The van der Waals surface area contributed by atoms with Gasteiger partial charge in [0.1, 0.15) is 12.1 Å². The highest BCUT2D eigenvalue weighted by molar-refractivity contribution is 6.04. The van der Waals surface area contributed by atoms with Crippen molar-refractivity contribution in [1.29, 1.82) is 0 Å². The lowest BCUT2D eigenvalue weighted by molar-refractivity contribution is 0.0699. The van der Waals surface area contributed by atoms with Gasteiger partial charge in [-0.2, -0.15) is 0 Å². The zero-order chi connectivity index (χ0) is 18.6. The average molecular weight is 362 g/mol. The molecule has 6 nitrogen and oxygen atoms in total. The molecule has 1 saturated heterocycles. The molecule has 0 radical (unpaired) electrons. The maximum atomic E-state index is 11.5. The van der Waals surface area contributed by atoms with Crippen LogP contribution in [0.2, 0.25) is 0 Å². The quantitative estimate of drug-likeness (QED) is 0.698. The van der Waals surface area contributed by atoms with E-state index >= 15 is 0 Å². The van der Waals surface area contributed by atoms with Crippen molar-refractivity contribution in [3.8, 4) is 0 Å². The predicted molar refractivity (Wildman–Crippen MR) is 105 cm³/mol. The first-order chi connectivity index (χ1) is 13.2. The van der Waals surface area contributed by atoms with Gasteiger partial charge in [-0.25, -0.2) is 14.8 Å². The number of likely N-dealkylation sites (tertiary alicyclic amines) is 1. The molecule has 2 N–H and O–H groups in total. The van der Waals surface area contributed by atoms with Gasteiger partial charge in [-0.15, -0.1) is 0 Å². The van der Waals surface area contributed by atoms with Gasteiger partial charge in [0.25, 0.3) is 0 Å². The van der Waals surface area contributed by atoms with Gasteiger partial charge in [-0.3, -0.25) is 0 Å². The summed E-state index contributed by atoms with van der Waals surface area (Å²) in [7, 11) is 0. The fourth-order valence-electron chi connectivity index (χ4n) is 3.68.